The second-order valence-electron chi connectivity index (χ2n) is 6.28. The Bertz CT molecular complexity index is 601. The number of hydrogen-bond donors (Lipinski definition) is 2. The van der Waals surface area contributed by atoms with Crippen LogP contribution in [-0.4, -0.2) is 17.6 Å². The lowest BCUT2D eigenvalue weighted by atomic mass is 10.0. The van der Waals surface area contributed by atoms with Crippen LogP contribution in [0.15, 0.2) is 18.2 Å². The zero-order chi connectivity index (χ0) is 14.8. The number of fused-ring (bicyclic) bond motifs is 1. The summed E-state index contributed by atoms with van der Waals surface area (Å²) in [6.07, 6.45) is 3.93. The van der Waals surface area contributed by atoms with Gasteiger partial charge >= 0.3 is 0 Å². The number of rotatable bonds is 3. The minimum absolute atomic E-state index is 0.0758. The smallest absolute Gasteiger partial charge is 0.227 e. The molecule has 0 bridgehead atoms. The van der Waals surface area contributed by atoms with Gasteiger partial charge in [0.25, 0.3) is 0 Å². The SMILES string of the molecule is Cc1cc(C#CCCO)cc(NC(=O)C2CC3CC3C2)c1. The highest BCUT2D eigenvalue weighted by molar-refractivity contribution is 5.93. The zero-order valence-corrected chi connectivity index (χ0v) is 12.4. The van der Waals surface area contributed by atoms with Crippen molar-refractivity contribution in [1.29, 1.82) is 0 Å². The van der Waals surface area contributed by atoms with Gasteiger partial charge in [-0.25, -0.2) is 0 Å². The molecule has 0 heterocycles. The molecule has 0 aromatic heterocycles. The summed E-state index contributed by atoms with van der Waals surface area (Å²) in [4.78, 5) is 12.3. The topological polar surface area (TPSA) is 49.3 Å². The van der Waals surface area contributed by atoms with Crippen molar-refractivity contribution in [2.45, 2.75) is 32.6 Å². The first-order valence-electron chi connectivity index (χ1n) is 7.68. The van der Waals surface area contributed by atoms with Crippen molar-refractivity contribution >= 4 is 11.6 Å². The Labute approximate surface area is 125 Å². The van der Waals surface area contributed by atoms with Crippen LogP contribution in [0.1, 0.15) is 36.8 Å². The van der Waals surface area contributed by atoms with E-state index in [4.69, 9.17) is 5.11 Å². The summed E-state index contributed by atoms with van der Waals surface area (Å²) in [7, 11) is 0. The minimum atomic E-state index is 0.0758. The van der Waals surface area contributed by atoms with E-state index >= 15 is 0 Å². The Morgan fingerprint density at radius 1 is 1.29 bits per heavy atom. The standard InChI is InChI=1S/C18H21NO2/c1-12-6-13(4-2-3-5-20)8-17(7-12)19-18(21)16-10-14-9-15(14)11-16/h6-8,14-16,20H,3,5,9-11H2,1H3,(H,19,21). The number of amides is 1. The molecule has 2 saturated carbocycles. The van der Waals surface area contributed by atoms with Crippen LogP contribution in [0.3, 0.4) is 0 Å². The molecule has 2 atom stereocenters. The lowest BCUT2D eigenvalue weighted by Gasteiger charge is -2.13. The van der Waals surface area contributed by atoms with Gasteiger partial charge in [-0.2, -0.15) is 0 Å². The van der Waals surface area contributed by atoms with E-state index in [2.05, 4.69) is 17.2 Å². The predicted octanol–water partition coefficient (Wildman–Crippen LogP) is 2.71. The molecular formula is C18H21NO2. The van der Waals surface area contributed by atoms with Gasteiger partial charge in [0, 0.05) is 23.6 Å². The van der Waals surface area contributed by atoms with Gasteiger partial charge in [0.1, 0.15) is 0 Å². The van der Waals surface area contributed by atoms with Crippen molar-refractivity contribution in [3.05, 3.63) is 29.3 Å². The normalized spacial score (nSPS) is 25.7. The van der Waals surface area contributed by atoms with Crippen molar-refractivity contribution < 1.29 is 9.90 Å². The van der Waals surface area contributed by atoms with Gasteiger partial charge < -0.3 is 10.4 Å². The van der Waals surface area contributed by atoms with Crippen molar-refractivity contribution in [2.75, 3.05) is 11.9 Å². The average Bonchev–Trinajstić information content (AvgIpc) is 3.05. The van der Waals surface area contributed by atoms with Gasteiger partial charge in [-0.3, -0.25) is 4.79 Å². The molecule has 21 heavy (non-hydrogen) atoms. The first kappa shape index (κ1) is 14.2. The molecule has 0 aliphatic heterocycles. The van der Waals surface area contributed by atoms with Gasteiger partial charge in [-0.05, 0) is 61.8 Å². The molecule has 1 aromatic carbocycles. The van der Waals surface area contributed by atoms with E-state index in [1.54, 1.807) is 0 Å². The highest BCUT2D eigenvalue weighted by Gasteiger charge is 2.47. The monoisotopic (exact) mass is 283 g/mol. The van der Waals surface area contributed by atoms with E-state index in [-0.39, 0.29) is 18.4 Å². The molecule has 110 valence electrons. The Morgan fingerprint density at radius 2 is 2.05 bits per heavy atom. The molecule has 0 radical (unpaired) electrons. The van der Waals surface area contributed by atoms with Crippen LogP contribution >= 0.6 is 0 Å². The maximum absolute atomic E-state index is 12.3. The first-order chi connectivity index (χ1) is 10.2. The second kappa shape index (κ2) is 5.91. The lowest BCUT2D eigenvalue weighted by molar-refractivity contribution is -0.120. The van der Waals surface area contributed by atoms with Crippen LogP contribution < -0.4 is 5.32 Å². The van der Waals surface area contributed by atoms with E-state index in [1.165, 1.54) is 6.42 Å². The third kappa shape index (κ3) is 3.46. The van der Waals surface area contributed by atoms with Gasteiger partial charge in [0.15, 0.2) is 0 Å². The van der Waals surface area contributed by atoms with Gasteiger partial charge in [0.2, 0.25) is 5.91 Å². The number of carbonyl (C=O) groups is 1. The Balaban J connectivity index is 1.67. The van der Waals surface area contributed by atoms with E-state index in [0.29, 0.717) is 6.42 Å². The summed E-state index contributed by atoms with van der Waals surface area (Å²) < 4.78 is 0. The van der Waals surface area contributed by atoms with Crippen LogP contribution in [0.5, 0.6) is 0 Å². The van der Waals surface area contributed by atoms with Gasteiger partial charge in [-0.1, -0.05) is 11.8 Å². The number of anilines is 1. The summed E-state index contributed by atoms with van der Waals surface area (Å²) in [5, 5.41) is 11.8. The fourth-order valence-corrected chi connectivity index (χ4v) is 3.32. The number of hydrogen-bond acceptors (Lipinski definition) is 2. The third-order valence-electron chi connectivity index (χ3n) is 4.43. The summed E-state index contributed by atoms with van der Waals surface area (Å²) in [5.74, 6) is 7.92. The molecule has 3 heteroatoms. The zero-order valence-electron chi connectivity index (χ0n) is 12.4. The van der Waals surface area contributed by atoms with Crippen molar-refractivity contribution in [3.8, 4) is 11.8 Å². The largest absolute Gasteiger partial charge is 0.395 e. The number of nitrogens with one attached hydrogen (secondary N) is 1. The number of carbonyl (C=O) groups excluding carboxylic acids is 1. The highest BCUT2D eigenvalue weighted by Crippen LogP contribution is 2.54. The number of aliphatic hydroxyl groups is 1. The molecule has 3 rings (SSSR count). The fourth-order valence-electron chi connectivity index (χ4n) is 3.32. The summed E-state index contributed by atoms with van der Waals surface area (Å²) >= 11 is 0. The predicted molar refractivity (Wildman–Crippen MR) is 82.7 cm³/mol. The Morgan fingerprint density at radius 3 is 2.76 bits per heavy atom. The molecule has 2 aliphatic carbocycles. The van der Waals surface area contributed by atoms with E-state index in [9.17, 15) is 4.79 Å². The van der Waals surface area contributed by atoms with Crippen LogP contribution in [0, 0.1) is 36.5 Å². The molecule has 1 aromatic rings. The minimum Gasteiger partial charge on any atom is -0.395 e. The number of benzene rings is 1. The van der Waals surface area contributed by atoms with E-state index in [0.717, 1.165) is 41.5 Å². The van der Waals surface area contributed by atoms with Crippen molar-refractivity contribution in [3.63, 3.8) is 0 Å². The number of aliphatic hydroxyl groups excluding tert-OH is 1. The second-order valence-corrected chi connectivity index (χ2v) is 6.28. The fraction of sp³-hybridized carbons (Fsp3) is 0.500. The first-order valence-corrected chi connectivity index (χ1v) is 7.68. The van der Waals surface area contributed by atoms with E-state index in [1.807, 2.05) is 25.1 Å². The molecule has 3 nitrogen and oxygen atoms in total. The van der Waals surface area contributed by atoms with Crippen LogP contribution in [0.2, 0.25) is 0 Å². The maximum Gasteiger partial charge on any atom is 0.227 e. The van der Waals surface area contributed by atoms with Gasteiger partial charge in [0.05, 0.1) is 6.61 Å². The van der Waals surface area contributed by atoms with Gasteiger partial charge in [-0.15, -0.1) is 0 Å². The average molecular weight is 283 g/mol. The van der Waals surface area contributed by atoms with Crippen LogP contribution in [0.25, 0.3) is 0 Å². The third-order valence-corrected chi connectivity index (χ3v) is 4.43. The molecular weight excluding hydrogens is 262 g/mol. The van der Waals surface area contributed by atoms with Crippen molar-refractivity contribution in [1.82, 2.24) is 0 Å². The summed E-state index contributed by atoms with van der Waals surface area (Å²) in [6.45, 7) is 2.07. The maximum atomic E-state index is 12.3. The molecule has 2 N–H and O–H groups in total. The molecule has 2 aliphatic rings. The molecule has 0 spiro atoms. The van der Waals surface area contributed by atoms with Crippen molar-refractivity contribution in [2.24, 2.45) is 17.8 Å². The summed E-state index contributed by atoms with van der Waals surface area (Å²) in [5.41, 5.74) is 2.79. The van der Waals surface area contributed by atoms with E-state index < -0.39 is 0 Å². The molecule has 2 unspecified atom stereocenters. The molecule has 2 fully saturated rings. The summed E-state index contributed by atoms with van der Waals surface area (Å²) in [6, 6.07) is 5.88. The van der Waals surface area contributed by atoms with Crippen LogP contribution in [0.4, 0.5) is 5.69 Å². The van der Waals surface area contributed by atoms with Crippen LogP contribution in [-0.2, 0) is 4.79 Å². The molecule has 1 amide bonds. The number of aryl methyl sites for hydroxylation is 1. The molecule has 0 saturated heterocycles. The highest BCUT2D eigenvalue weighted by atomic mass is 16.2. The lowest BCUT2D eigenvalue weighted by Crippen LogP contribution is -2.21. The Kier molecular flexibility index (Phi) is 3.98. The Hall–Kier alpha value is -1.79. The quantitative estimate of drug-likeness (QED) is 0.838.